The van der Waals surface area contributed by atoms with E-state index in [1.165, 1.54) is 15.3 Å². The third-order valence-electron chi connectivity index (χ3n) is 4.36. The van der Waals surface area contributed by atoms with Gasteiger partial charge in [-0.3, -0.25) is 4.99 Å². The van der Waals surface area contributed by atoms with Crippen LogP contribution in [0.1, 0.15) is 28.1 Å². The Balaban J connectivity index is 0.00000280. The number of aryl methyl sites for hydroxylation is 1. The summed E-state index contributed by atoms with van der Waals surface area (Å²) in [4.78, 5) is 11.6. The summed E-state index contributed by atoms with van der Waals surface area (Å²) < 4.78 is 2.20. The molecule has 0 atom stereocenters. The fourth-order valence-corrected chi connectivity index (χ4v) is 3.78. The van der Waals surface area contributed by atoms with Crippen LogP contribution in [0.3, 0.4) is 0 Å². The molecule has 5 nitrogen and oxygen atoms in total. The van der Waals surface area contributed by atoms with Gasteiger partial charge in [0.05, 0.1) is 6.54 Å². The summed E-state index contributed by atoms with van der Waals surface area (Å²) in [5.41, 5.74) is 1.28. The van der Waals surface area contributed by atoms with E-state index in [-0.39, 0.29) is 24.0 Å². The van der Waals surface area contributed by atoms with Gasteiger partial charge in [0.2, 0.25) is 0 Å². The summed E-state index contributed by atoms with van der Waals surface area (Å²) in [6.07, 6.45) is 5.84. The second-order valence-electron chi connectivity index (χ2n) is 6.28. The van der Waals surface area contributed by atoms with Gasteiger partial charge >= 0.3 is 0 Å². The van der Waals surface area contributed by atoms with Gasteiger partial charge in [-0.1, -0.05) is 37.3 Å². The van der Waals surface area contributed by atoms with Crippen LogP contribution in [0.25, 0.3) is 0 Å². The van der Waals surface area contributed by atoms with Gasteiger partial charge in [-0.15, -0.1) is 35.3 Å². The van der Waals surface area contributed by atoms with Crippen LogP contribution in [0.5, 0.6) is 0 Å². The number of benzene rings is 1. The molecule has 2 N–H and O–H groups in total. The molecule has 0 saturated carbocycles. The molecule has 0 bridgehead atoms. The highest BCUT2D eigenvalue weighted by Gasteiger charge is 2.05. The van der Waals surface area contributed by atoms with Crippen molar-refractivity contribution in [1.82, 2.24) is 20.2 Å². The number of rotatable bonds is 8. The number of nitrogens with zero attached hydrogens (tertiary/aromatic N) is 3. The molecular weight excluding hydrogens is 481 g/mol. The molecule has 0 aliphatic heterocycles. The highest BCUT2D eigenvalue weighted by molar-refractivity contribution is 14.0. The van der Waals surface area contributed by atoms with E-state index in [1.54, 1.807) is 7.05 Å². The van der Waals surface area contributed by atoms with Crippen LogP contribution in [0, 0.1) is 0 Å². The summed E-state index contributed by atoms with van der Waals surface area (Å²) in [6, 6.07) is 14.8. The molecule has 0 fully saturated rings. The molecule has 2 heterocycles. The lowest BCUT2D eigenvalue weighted by atomic mass is 10.2. The minimum atomic E-state index is 0. The minimum absolute atomic E-state index is 0. The first kappa shape index (κ1) is 22.4. The van der Waals surface area contributed by atoms with Gasteiger partial charge in [0.15, 0.2) is 5.96 Å². The fraction of sp³-hybridized carbons (Fsp3) is 0.333. The number of aliphatic imine (C=N–C) groups is 1. The Labute approximate surface area is 188 Å². The van der Waals surface area contributed by atoms with Crippen molar-refractivity contribution in [3.63, 3.8) is 0 Å². The third kappa shape index (κ3) is 6.63. The lowest BCUT2D eigenvalue weighted by Gasteiger charge is -2.12. The van der Waals surface area contributed by atoms with Crippen LogP contribution >= 0.6 is 35.3 Å². The van der Waals surface area contributed by atoms with E-state index >= 15 is 0 Å². The Morgan fingerprint density at radius 3 is 2.61 bits per heavy atom. The molecule has 0 aliphatic carbocycles. The number of nitrogens with one attached hydrogen (secondary N) is 2. The van der Waals surface area contributed by atoms with E-state index in [4.69, 9.17) is 0 Å². The normalized spacial score (nSPS) is 11.1. The maximum absolute atomic E-state index is 4.51. The zero-order chi connectivity index (χ0) is 18.9. The summed E-state index contributed by atoms with van der Waals surface area (Å²) in [5, 5.41) is 6.76. The molecule has 0 radical (unpaired) electrons. The highest BCUT2D eigenvalue weighted by atomic mass is 127. The van der Waals surface area contributed by atoms with Crippen molar-refractivity contribution in [1.29, 1.82) is 0 Å². The van der Waals surface area contributed by atoms with E-state index < -0.39 is 0 Å². The highest BCUT2D eigenvalue weighted by Crippen LogP contribution is 2.16. The Morgan fingerprint density at radius 1 is 1.11 bits per heavy atom. The number of thiophene rings is 1. The molecule has 0 amide bonds. The van der Waals surface area contributed by atoms with Gasteiger partial charge in [0.1, 0.15) is 5.82 Å². The van der Waals surface area contributed by atoms with Gasteiger partial charge in [-0.05, 0) is 24.1 Å². The van der Waals surface area contributed by atoms with Crippen LogP contribution < -0.4 is 10.6 Å². The van der Waals surface area contributed by atoms with Gasteiger partial charge in [0.25, 0.3) is 0 Å². The monoisotopic (exact) mass is 509 g/mol. The quantitative estimate of drug-likeness (QED) is 0.274. The van der Waals surface area contributed by atoms with Crippen molar-refractivity contribution in [2.24, 2.45) is 4.99 Å². The van der Waals surface area contributed by atoms with Gasteiger partial charge < -0.3 is 15.2 Å². The number of halogens is 1. The Bertz CT molecular complexity index is 857. The van der Waals surface area contributed by atoms with Gasteiger partial charge in [0, 0.05) is 48.7 Å². The van der Waals surface area contributed by atoms with Gasteiger partial charge in [-0.25, -0.2) is 4.98 Å². The molecule has 7 heteroatoms. The zero-order valence-corrected chi connectivity index (χ0v) is 19.5. The molecule has 0 saturated heterocycles. The summed E-state index contributed by atoms with van der Waals surface area (Å²) in [5.74, 6) is 1.90. The molecule has 0 unspecified atom stereocenters. The number of hydrogen-bond acceptors (Lipinski definition) is 3. The summed E-state index contributed by atoms with van der Waals surface area (Å²) in [7, 11) is 1.80. The first-order valence-electron chi connectivity index (χ1n) is 9.34. The SMILES string of the molecule is CCc1ccc(CNC(=NC)NCCc2nccn2Cc2ccccc2)s1.I. The maximum Gasteiger partial charge on any atom is 0.191 e. The van der Waals surface area contributed by atoms with E-state index in [1.807, 2.05) is 29.8 Å². The van der Waals surface area contributed by atoms with Crippen LogP contribution in [0.4, 0.5) is 0 Å². The number of hydrogen-bond donors (Lipinski definition) is 2. The van der Waals surface area contributed by atoms with Crippen molar-refractivity contribution < 1.29 is 0 Å². The van der Waals surface area contributed by atoms with E-state index in [0.29, 0.717) is 0 Å². The average Bonchev–Trinajstić information content (AvgIpc) is 3.34. The summed E-state index contributed by atoms with van der Waals surface area (Å²) in [6.45, 7) is 4.62. The standard InChI is InChI=1S/C21H27N5S.HI/c1-3-18-9-10-19(27-18)15-25-21(22-2)24-12-11-20-23-13-14-26(20)16-17-7-5-4-6-8-17;/h4-10,13-14H,3,11-12,15-16H2,1-2H3,(H2,22,24,25);1H. The minimum Gasteiger partial charge on any atom is -0.356 e. The smallest absolute Gasteiger partial charge is 0.191 e. The molecule has 28 heavy (non-hydrogen) atoms. The first-order chi connectivity index (χ1) is 13.3. The molecule has 150 valence electrons. The fourth-order valence-electron chi connectivity index (χ4n) is 2.88. The largest absolute Gasteiger partial charge is 0.356 e. The number of guanidine groups is 1. The Morgan fingerprint density at radius 2 is 1.89 bits per heavy atom. The van der Waals surface area contributed by atoms with Crippen molar-refractivity contribution in [2.75, 3.05) is 13.6 Å². The van der Waals surface area contributed by atoms with Crippen molar-refractivity contribution >= 4 is 41.3 Å². The Hall–Kier alpha value is -1.87. The zero-order valence-electron chi connectivity index (χ0n) is 16.4. The Kier molecular flexibility index (Phi) is 9.49. The second kappa shape index (κ2) is 11.9. The predicted octanol–water partition coefficient (Wildman–Crippen LogP) is 4.08. The second-order valence-corrected chi connectivity index (χ2v) is 7.53. The van der Waals surface area contributed by atoms with E-state index in [0.717, 1.165) is 44.3 Å². The average molecular weight is 509 g/mol. The first-order valence-corrected chi connectivity index (χ1v) is 10.2. The van der Waals surface area contributed by atoms with Crippen molar-refractivity contribution in [3.8, 4) is 0 Å². The lowest BCUT2D eigenvalue weighted by molar-refractivity contribution is 0.694. The molecule has 0 spiro atoms. The molecule has 2 aromatic heterocycles. The molecule has 3 rings (SSSR count). The van der Waals surface area contributed by atoms with Crippen molar-refractivity contribution in [2.45, 2.75) is 32.9 Å². The van der Waals surface area contributed by atoms with Crippen LogP contribution in [0.15, 0.2) is 59.9 Å². The van der Waals surface area contributed by atoms with Crippen LogP contribution in [-0.4, -0.2) is 29.1 Å². The van der Waals surface area contributed by atoms with E-state index in [9.17, 15) is 0 Å². The van der Waals surface area contributed by atoms with Crippen LogP contribution in [-0.2, 0) is 25.9 Å². The molecule has 1 aromatic carbocycles. The lowest BCUT2D eigenvalue weighted by Crippen LogP contribution is -2.37. The molecular formula is C21H28IN5S. The van der Waals surface area contributed by atoms with Crippen molar-refractivity contribution in [3.05, 3.63) is 76.0 Å². The number of imidazole rings is 1. The number of aromatic nitrogens is 2. The predicted molar refractivity (Wildman–Crippen MR) is 129 cm³/mol. The topological polar surface area (TPSA) is 54.2 Å². The van der Waals surface area contributed by atoms with Gasteiger partial charge in [-0.2, -0.15) is 0 Å². The van der Waals surface area contributed by atoms with Crippen LogP contribution in [0.2, 0.25) is 0 Å². The molecule has 0 aliphatic rings. The summed E-state index contributed by atoms with van der Waals surface area (Å²) >= 11 is 1.85. The third-order valence-corrected chi connectivity index (χ3v) is 5.59. The van der Waals surface area contributed by atoms with E-state index in [2.05, 4.69) is 68.5 Å². The molecule has 3 aromatic rings. The maximum atomic E-state index is 4.51.